The first kappa shape index (κ1) is 20.7. The number of aryl methyl sites for hydroxylation is 1. The number of nitrogens with zero attached hydrogens (tertiary/aromatic N) is 1. The zero-order valence-corrected chi connectivity index (χ0v) is 18.8. The van der Waals surface area contributed by atoms with Crippen molar-refractivity contribution in [2.75, 3.05) is 6.16 Å². The van der Waals surface area contributed by atoms with Gasteiger partial charge in [0.15, 0.2) is 0 Å². The van der Waals surface area contributed by atoms with Gasteiger partial charge in [0.05, 0.1) is 11.7 Å². The van der Waals surface area contributed by atoms with Crippen LogP contribution in [0, 0.1) is 5.82 Å². The molecule has 1 heterocycles. The molecule has 0 amide bonds. The van der Waals surface area contributed by atoms with Gasteiger partial charge >= 0.3 is 0 Å². The Morgan fingerprint density at radius 1 is 0.594 bits per heavy atom. The van der Waals surface area contributed by atoms with Gasteiger partial charge in [0.1, 0.15) is 29.0 Å². The van der Waals surface area contributed by atoms with Gasteiger partial charge in [-0.1, -0.05) is 66.7 Å². The molecule has 32 heavy (non-hydrogen) atoms. The van der Waals surface area contributed by atoms with E-state index in [2.05, 4.69) is 95.6 Å². The molecule has 1 aromatic heterocycles. The number of fused-ring (bicyclic) bond motifs is 1. The molecule has 0 aliphatic heterocycles. The van der Waals surface area contributed by atoms with Gasteiger partial charge in [0.2, 0.25) is 0 Å². The van der Waals surface area contributed by atoms with Crippen molar-refractivity contribution in [1.82, 2.24) is 4.57 Å². The van der Waals surface area contributed by atoms with Crippen molar-refractivity contribution in [2.45, 2.75) is 13.0 Å². The second kappa shape index (κ2) is 9.10. The molecule has 5 aromatic rings. The van der Waals surface area contributed by atoms with Gasteiger partial charge < -0.3 is 4.57 Å². The lowest BCUT2D eigenvalue weighted by Crippen LogP contribution is -2.33. The van der Waals surface area contributed by atoms with Crippen LogP contribution in [0.4, 0.5) is 4.39 Å². The van der Waals surface area contributed by atoms with Crippen molar-refractivity contribution in [3.63, 3.8) is 0 Å². The Morgan fingerprint density at radius 2 is 1.12 bits per heavy atom. The van der Waals surface area contributed by atoms with E-state index >= 15 is 0 Å². The van der Waals surface area contributed by atoms with Crippen molar-refractivity contribution in [2.24, 2.45) is 0 Å². The number of para-hydroxylation sites is 1. The Bertz CT molecular complexity index is 1200. The smallest absolute Gasteiger partial charge is 0.147 e. The monoisotopic (exact) mass is 438 g/mol. The van der Waals surface area contributed by atoms with Crippen LogP contribution in [0.5, 0.6) is 0 Å². The summed E-state index contributed by atoms with van der Waals surface area (Å²) in [6.07, 6.45) is 4.01. The first-order valence-corrected chi connectivity index (χ1v) is 13.0. The van der Waals surface area contributed by atoms with Crippen LogP contribution >= 0.6 is 7.26 Å². The van der Waals surface area contributed by atoms with E-state index in [4.69, 9.17) is 0 Å². The van der Waals surface area contributed by atoms with E-state index in [-0.39, 0.29) is 5.82 Å². The minimum atomic E-state index is -1.85. The fraction of sp³-hybridized carbons (Fsp3) is 0.103. The molecule has 0 bridgehead atoms. The van der Waals surface area contributed by atoms with Crippen molar-refractivity contribution in [3.05, 3.63) is 127 Å². The molecule has 0 N–H and O–H groups in total. The molecule has 0 saturated heterocycles. The number of aromatic nitrogens is 1. The van der Waals surface area contributed by atoms with E-state index in [1.807, 2.05) is 18.3 Å². The largest absolute Gasteiger partial charge is 0.345 e. The molecule has 0 atom stereocenters. The molecule has 0 aliphatic rings. The average molecular weight is 439 g/mol. The molecule has 5 rings (SSSR count). The molecular weight excluding hydrogens is 412 g/mol. The fourth-order valence-corrected chi connectivity index (χ4v) is 9.09. The van der Waals surface area contributed by atoms with Crippen molar-refractivity contribution in [1.29, 1.82) is 0 Å². The predicted molar refractivity (Wildman–Crippen MR) is 137 cm³/mol. The van der Waals surface area contributed by atoms with Gasteiger partial charge in [-0.25, -0.2) is 4.39 Å². The standard InChI is InChI=1S/C29H26FNP/c30-28-19-10-12-24-20-22-31(29(24)28)21-11-23-32(25-13-4-1-5-14-25,26-15-6-2-7-16-26)27-17-8-3-9-18-27/h1-10,12-20,22H,11,21,23H2/q+1. The minimum Gasteiger partial charge on any atom is -0.345 e. The molecule has 1 nitrogen and oxygen atoms in total. The van der Waals surface area contributed by atoms with Crippen molar-refractivity contribution in [3.8, 4) is 0 Å². The Kier molecular flexibility index (Phi) is 5.88. The Morgan fingerprint density at radius 3 is 1.66 bits per heavy atom. The second-order valence-electron chi connectivity index (χ2n) is 8.08. The highest BCUT2D eigenvalue weighted by Crippen LogP contribution is 2.55. The Hall–Kier alpha value is -3.22. The highest BCUT2D eigenvalue weighted by Gasteiger charge is 2.44. The van der Waals surface area contributed by atoms with Crippen molar-refractivity contribution < 1.29 is 4.39 Å². The molecule has 0 radical (unpaired) electrons. The Labute approximate surface area is 189 Å². The average Bonchev–Trinajstić information content (AvgIpc) is 3.28. The summed E-state index contributed by atoms with van der Waals surface area (Å²) < 4.78 is 16.6. The number of halogens is 1. The van der Waals surface area contributed by atoms with E-state index in [0.29, 0.717) is 5.52 Å². The summed E-state index contributed by atoms with van der Waals surface area (Å²) in [5, 5.41) is 5.13. The molecule has 0 saturated carbocycles. The number of benzene rings is 4. The zero-order chi connectivity index (χ0) is 21.8. The summed E-state index contributed by atoms with van der Waals surface area (Å²) in [7, 11) is -1.85. The van der Waals surface area contributed by atoms with Crippen LogP contribution in [-0.2, 0) is 6.54 Å². The minimum absolute atomic E-state index is 0.150. The summed E-state index contributed by atoms with van der Waals surface area (Å²) >= 11 is 0. The van der Waals surface area contributed by atoms with E-state index < -0.39 is 7.26 Å². The summed E-state index contributed by atoms with van der Waals surface area (Å²) in [6, 6.07) is 40.1. The molecule has 158 valence electrons. The molecule has 4 aromatic carbocycles. The lowest BCUT2D eigenvalue weighted by Gasteiger charge is -2.28. The van der Waals surface area contributed by atoms with Crippen LogP contribution < -0.4 is 15.9 Å². The Balaban J connectivity index is 1.57. The van der Waals surface area contributed by atoms with Gasteiger partial charge in [-0.15, -0.1) is 0 Å². The number of hydrogen-bond donors (Lipinski definition) is 0. The van der Waals surface area contributed by atoms with Gasteiger partial charge in [-0.3, -0.25) is 0 Å². The SMILES string of the molecule is Fc1cccc2ccn(CCC[P+](c3ccccc3)(c3ccccc3)c3ccccc3)c12. The topological polar surface area (TPSA) is 4.93 Å². The van der Waals surface area contributed by atoms with Crippen LogP contribution in [0.25, 0.3) is 10.9 Å². The third kappa shape index (κ3) is 3.76. The summed E-state index contributed by atoms with van der Waals surface area (Å²) in [5.41, 5.74) is 0.704. The maximum atomic E-state index is 14.5. The number of hydrogen-bond acceptors (Lipinski definition) is 0. The number of rotatable bonds is 7. The quantitative estimate of drug-likeness (QED) is 0.268. The van der Waals surface area contributed by atoms with E-state index in [9.17, 15) is 4.39 Å². The van der Waals surface area contributed by atoms with Crippen LogP contribution in [0.2, 0.25) is 0 Å². The van der Waals surface area contributed by atoms with Gasteiger partial charge in [0.25, 0.3) is 0 Å². The third-order valence-electron chi connectivity index (χ3n) is 6.22. The lowest BCUT2D eigenvalue weighted by molar-refractivity contribution is 0.619. The van der Waals surface area contributed by atoms with Crippen LogP contribution in [-0.4, -0.2) is 10.7 Å². The first-order valence-electron chi connectivity index (χ1n) is 11.1. The first-order chi connectivity index (χ1) is 15.8. The molecule has 0 spiro atoms. The molecular formula is C29H26FNP+. The molecule has 3 heteroatoms. The maximum Gasteiger partial charge on any atom is 0.147 e. The lowest BCUT2D eigenvalue weighted by atomic mass is 10.2. The van der Waals surface area contributed by atoms with Crippen LogP contribution in [0.1, 0.15) is 6.42 Å². The second-order valence-corrected chi connectivity index (χ2v) is 11.7. The normalized spacial score (nSPS) is 11.7. The highest BCUT2D eigenvalue weighted by molar-refractivity contribution is 7.95. The summed E-state index contributed by atoms with van der Waals surface area (Å²) in [5.74, 6) is -0.150. The van der Waals surface area contributed by atoms with Gasteiger partial charge in [0, 0.05) is 24.5 Å². The van der Waals surface area contributed by atoms with E-state index in [1.165, 1.54) is 15.9 Å². The molecule has 0 fully saturated rings. The van der Waals surface area contributed by atoms with Crippen molar-refractivity contribution >= 4 is 34.1 Å². The van der Waals surface area contributed by atoms with Crippen LogP contribution in [0.15, 0.2) is 121 Å². The summed E-state index contributed by atoms with van der Waals surface area (Å²) in [4.78, 5) is 0. The summed E-state index contributed by atoms with van der Waals surface area (Å²) in [6.45, 7) is 0.790. The molecule has 0 unspecified atom stereocenters. The highest BCUT2D eigenvalue weighted by atomic mass is 31.2. The van der Waals surface area contributed by atoms with Gasteiger partial charge in [-0.05, 0) is 48.5 Å². The third-order valence-corrected chi connectivity index (χ3v) is 10.7. The van der Waals surface area contributed by atoms with Gasteiger partial charge in [-0.2, -0.15) is 0 Å². The zero-order valence-electron chi connectivity index (χ0n) is 17.9. The van der Waals surface area contributed by atoms with E-state index in [0.717, 1.165) is 24.5 Å². The van der Waals surface area contributed by atoms with E-state index in [1.54, 1.807) is 12.1 Å². The predicted octanol–water partition coefficient (Wildman–Crippen LogP) is 6.16. The fourth-order valence-electron chi connectivity index (χ4n) is 4.76. The van der Waals surface area contributed by atoms with Crippen LogP contribution in [0.3, 0.4) is 0 Å². The molecule has 0 aliphatic carbocycles. The maximum absolute atomic E-state index is 14.5.